The van der Waals surface area contributed by atoms with Gasteiger partial charge in [-0.3, -0.25) is 0 Å². The Bertz CT molecular complexity index is 597. The van der Waals surface area contributed by atoms with E-state index in [0.29, 0.717) is 0 Å². The Morgan fingerprint density at radius 3 is 1.23 bits per heavy atom. The standard InChI is InChI=1S/C24H42Br2N4/c25-13-11-17-29-21-19-27(23-29)15-9-7-5-3-1-2-4-6-8-10-16-28-20-22-30(24-28)18-12-14-26/h19-24H,1-18H2/q+2. The Morgan fingerprint density at radius 1 is 0.500 bits per heavy atom. The largest absolute Gasteiger partial charge is 0.243 e. The van der Waals surface area contributed by atoms with Crippen LogP contribution in [0.5, 0.6) is 0 Å². The van der Waals surface area contributed by atoms with Crippen LogP contribution < -0.4 is 9.13 Å². The highest BCUT2D eigenvalue weighted by Gasteiger charge is 2.04. The highest BCUT2D eigenvalue weighted by atomic mass is 79.9. The zero-order valence-corrected chi connectivity index (χ0v) is 21.9. The van der Waals surface area contributed by atoms with Crippen molar-refractivity contribution < 1.29 is 9.13 Å². The van der Waals surface area contributed by atoms with E-state index in [9.17, 15) is 0 Å². The number of aromatic nitrogens is 4. The third-order valence-electron chi connectivity index (χ3n) is 5.68. The monoisotopic (exact) mass is 544 g/mol. The number of alkyl halides is 2. The molecule has 30 heavy (non-hydrogen) atoms. The van der Waals surface area contributed by atoms with Crippen LogP contribution in [-0.4, -0.2) is 19.8 Å². The molecular weight excluding hydrogens is 504 g/mol. The molecule has 6 heteroatoms. The van der Waals surface area contributed by atoms with Crippen molar-refractivity contribution in [1.82, 2.24) is 9.13 Å². The van der Waals surface area contributed by atoms with Gasteiger partial charge in [0.15, 0.2) is 0 Å². The zero-order valence-electron chi connectivity index (χ0n) is 18.7. The fourth-order valence-corrected chi connectivity index (χ4v) is 4.40. The molecule has 0 N–H and O–H groups in total. The minimum atomic E-state index is 1.08. The summed E-state index contributed by atoms with van der Waals surface area (Å²) in [5, 5.41) is 2.16. The van der Waals surface area contributed by atoms with Crippen LogP contribution in [-0.2, 0) is 26.2 Å². The van der Waals surface area contributed by atoms with Gasteiger partial charge in [-0.1, -0.05) is 70.4 Å². The Balaban J connectivity index is 1.35. The van der Waals surface area contributed by atoms with Crippen LogP contribution in [0.25, 0.3) is 0 Å². The quantitative estimate of drug-likeness (QED) is 0.116. The molecule has 0 fully saturated rings. The molecule has 0 radical (unpaired) electrons. The molecule has 0 saturated heterocycles. The molecule has 0 aliphatic heterocycles. The van der Waals surface area contributed by atoms with Gasteiger partial charge in [0.05, 0.1) is 26.2 Å². The molecule has 0 atom stereocenters. The fourth-order valence-electron chi connectivity index (χ4n) is 3.89. The number of imidazole rings is 2. The van der Waals surface area contributed by atoms with Gasteiger partial charge in [0.1, 0.15) is 24.8 Å². The number of halogens is 2. The van der Waals surface area contributed by atoms with Gasteiger partial charge in [-0.15, -0.1) is 0 Å². The molecule has 0 amide bonds. The first-order chi connectivity index (χ1) is 14.8. The normalized spacial score (nSPS) is 11.4. The molecule has 0 aliphatic rings. The van der Waals surface area contributed by atoms with E-state index >= 15 is 0 Å². The Morgan fingerprint density at radius 2 is 0.867 bits per heavy atom. The number of rotatable bonds is 19. The molecule has 0 aliphatic carbocycles. The fraction of sp³-hybridized carbons (Fsp3) is 0.750. The molecule has 2 rings (SSSR count). The van der Waals surface area contributed by atoms with E-state index < -0.39 is 0 Å². The summed E-state index contributed by atoms with van der Waals surface area (Å²) in [5.74, 6) is 0. The van der Waals surface area contributed by atoms with Crippen molar-refractivity contribution in [3.63, 3.8) is 0 Å². The predicted molar refractivity (Wildman–Crippen MR) is 132 cm³/mol. The maximum Gasteiger partial charge on any atom is 0.243 e. The van der Waals surface area contributed by atoms with Crippen LogP contribution in [0.2, 0.25) is 0 Å². The van der Waals surface area contributed by atoms with Crippen LogP contribution in [0, 0.1) is 0 Å². The van der Waals surface area contributed by atoms with Gasteiger partial charge in [-0.25, -0.2) is 18.3 Å². The molecule has 4 nitrogen and oxygen atoms in total. The lowest BCUT2D eigenvalue weighted by Crippen LogP contribution is -2.31. The van der Waals surface area contributed by atoms with Gasteiger partial charge >= 0.3 is 0 Å². The summed E-state index contributed by atoms with van der Waals surface area (Å²) in [5.41, 5.74) is 0. The van der Waals surface area contributed by atoms with Crippen LogP contribution >= 0.6 is 31.9 Å². The summed E-state index contributed by atoms with van der Waals surface area (Å²) in [6, 6.07) is 0. The number of unbranched alkanes of at least 4 members (excludes halogenated alkanes) is 9. The first-order valence-corrected chi connectivity index (χ1v) is 14.3. The van der Waals surface area contributed by atoms with Crippen LogP contribution in [0.3, 0.4) is 0 Å². The molecule has 0 unspecified atom stereocenters. The van der Waals surface area contributed by atoms with Crippen molar-refractivity contribution in [2.24, 2.45) is 0 Å². The average Bonchev–Trinajstić information content (AvgIpc) is 3.41. The topological polar surface area (TPSA) is 17.6 Å². The highest BCUT2D eigenvalue weighted by Crippen LogP contribution is 2.11. The molecule has 0 saturated carbocycles. The first-order valence-electron chi connectivity index (χ1n) is 12.0. The molecule has 0 bridgehead atoms. The predicted octanol–water partition coefficient (Wildman–Crippen LogP) is 6.04. The lowest BCUT2D eigenvalue weighted by atomic mass is 10.1. The number of nitrogens with zero attached hydrogens (tertiary/aromatic N) is 4. The van der Waals surface area contributed by atoms with E-state index in [1.165, 1.54) is 90.1 Å². The smallest absolute Gasteiger partial charge is 0.237 e. The van der Waals surface area contributed by atoms with E-state index in [-0.39, 0.29) is 0 Å². The summed E-state index contributed by atoms with van der Waals surface area (Å²) < 4.78 is 9.26. The third-order valence-corrected chi connectivity index (χ3v) is 6.80. The van der Waals surface area contributed by atoms with Crippen molar-refractivity contribution >= 4 is 31.9 Å². The molecule has 2 heterocycles. The Kier molecular flexibility index (Phi) is 14.5. The first kappa shape index (κ1) is 25.6. The lowest BCUT2D eigenvalue weighted by molar-refractivity contribution is -0.696. The minimum Gasteiger partial charge on any atom is -0.237 e. The van der Waals surface area contributed by atoms with Gasteiger partial charge in [0.2, 0.25) is 12.7 Å². The maximum atomic E-state index is 3.50. The van der Waals surface area contributed by atoms with Crippen LogP contribution in [0.15, 0.2) is 37.4 Å². The molecule has 170 valence electrons. The van der Waals surface area contributed by atoms with Gasteiger partial charge < -0.3 is 0 Å². The minimum absolute atomic E-state index is 1.08. The van der Waals surface area contributed by atoms with Crippen molar-refractivity contribution in [3.05, 3.63) is 37.4 Å². The third kappa shape index (κ3) is 11.7. The summed E-state index contributed by atoms with van der Waals surface area (Å²) in [7, 11) is 0. The number of hydrogen-bond acceptors (Lipinski definition) is 0. The van der Waals surface area contributed by atoms with E-state index in [2.05, 4.69) is 87.6 Å². The van der Waals surface area contributed by atoms with Crippen LogP contribution in [0.4, 0.5) is 0 Å². The van der Waals surface area contributed by atoms with Crippen LogP contribution in [0.1, 0.15) is 77.0 Å². The molecule has 2 aromatic rings. The second-order valence-electron chi connectivity index (χ2n) is 8.40. The molecule has 2 aromatic heterocycles. The van der Waals surface area contributed by atoms with Gasteiger partial charge in [0, 0.05) is 10.7 Å². The second-order valence-corrected chi connectivity index (χ2v) is 9.99. The zero-order chi connectivity index (χ0) is 21.3. The molecule has 0 aromatic carbocycles. The number of aryl methyl sites for hydroxylation is 4. The lowest BCUT2D eigenvalue weighted by Gasteiger charge is -2.02. The van der Waals surface area contributed by atoms with Gasteiger partial charge in [-0.2, -0.15) is 0 Å². The molecule has 0 spiro atoms. The summed E-state index contributed by atoms with van der Waals surface area (Å²) in [4.78, 5) is 0. The Labute approximate surface area is 200 Å². The summed E-state index contributed by atoms with van der Waals surface area (Å²) >= 11 is 7.00. The SMILES string of the molecule is BrCCC[n+]1ccn(CCCCCCCCCCCCn2cc[n+](CCCBr)c2)c1. The van der Waals surface area contributed by atoms with Gasteiger partial charge in [0.25, 0.3) is 0 Å². The van der Waals surface area contributed by atoms with E-state index in [0.717, 1.165) is 23.7 Å². The Hall–Kier alpha value is -0.620. The maximum absolute atomic E-state index is 3.50. The highest BCUT2D eigenvalue weighted by molar-refractivity contribution is 9.09. The van der Waals surface area contributed by atoms with E-state index in [1.54, 1.807) is 0 Å². The summed E-state index contributed by atoms with van der Waals surface area (Å²) in [6.45, 7) is 4.56. The average molecular weight is 546 g/mol. The van der Waals surface area contributed by atoms with E-state index in [1.807, 2.05) is 0 Å². The summed E-state index contributed by atoms with van der Waals surface area (Å²) in [6.07, 6.45) is 29.5. The van der Waals surface area contributed by atoms with Gasteiger partial charge in [-0.05, 0) is 38.5 Å². The second kappa shape index (κ2) is 17.0. The molecular formula is C24H42Br2N4+2. The van der Waals surface area contributed by atoms with Crippen molar-refractivity contribution in [2.45, 2.75) is 103 Å². The van der Waals surface area contributed by atoms with Crippen molar-refractivity contribution in [1.29, 1.82) is 0 Å². The van der Waals surface area contributed by atoms with Crippen molar-refractivity contribution in [2.75, 3.05) is 10.7 Å². The van der Waals surface area contributed by atoms with E-state index in [4.69, 9.17) is 0 Å². The number of hydrogen-bond donors (Lipinski definition) is 0. The van der Waals surface area contributed by atoms with Crippen molar-refractivity contribution in [3.8, 4) is 0 Å².